The summed E-state index contributed by atoms with van der Waals surface area (Å²) in [6.07, 6.45) is 1.84. The molecule has 0 unspecified atom stereocenters. The maximum atomic E-state index is 4.36. The summed E-state index contributed by atoms with van der Waals surface area (Å²) in [5.41, 5.74) is 6.24. The van der Waals surface area contributed by atoms with Crippen molar-refractivity contribution >= 4 is 17.0 Å². The third-order valence-electron chi connectivity index (χ3n) is 3.90. The van der Waals surface area contributed by atoms with E-state index in [0.29, 0.717) is 0 Å². The Labute approximate surface area is 129 Å². The zero-order chi connectivity index (χ0) is 14.8. The molecule has 3 aromatic rings. The summed E-state index contributed by atoms with van der Waals surface area (Å²) < 4.78 is 2.23. The normalized spacial score (nSPS) is 10.8. The number of rotatable bonds is 4. The highest BCUT2D eigenvalue weighted by Crippen LogP contribution is 2.25. The van der Waals surface area contributed by atoms with Crippen molar-refractivity contribution in [3.63, 3.8) is 0 Å². The van der Waals surface area contributed by atoms with Gasteiger partial charge in [0, 0.05) is 47.8 Å². The lowest BCUT2D eigenvalue weighted by molar-refractivity contribution is 0.837. The predicted molar refractivity (Wildman–Crippen MR) is 89.8 cm³/mol. The highest BCUT2D eigenvalue weighted by atomic mass is 32.1. The summed E-state index contributed by atoms with van der Waals surface area (Å²) in [6, 6.07) is 10.7. The molecule has 0 radical (unpaired) electrons. The number of nitrogens with zero attached hydrogens (tertiary/aromatic N) is 2. The summed E-state index contributed by atoms with van der Waals surface area (Å²) in [5.74, 6) is 0. The number of thiazole rings is 1. The Morgan fingerprint density at radius 1 is 1.24 bits per heavy atom. The molecule has 3 rings (SSSR count). The van der Waals surface area contributed by atoms with Crippen LogP contribution in [-0.2, 0) is 13.6 Å². The second-order valence-electron chi connectivity index (χ2n) is 5.23. The van der Waals surface area contributed by atoms with Crippen LogP contribution in [0.3, 0.4) is 0 Å². The van der Waals surface area contributed by atoms with Gasteiger partial charge in [-0.2, -0.15) is 0 Å². The van der Waals surface area contributed by atoms with Crippen LogP contribution in [0.25, 0.3) is 10.6 Å². The molecule has 2 aromatic heterocycles. The van der Waals surface area contributed by atoms with Crippen LogP contribution in [0.15, 0.2) is 41.9 Å². The predicted octanol–water partition coefficient (Wildman–Crippen LogP) is 4.38. The first-order valence-corrected chi connectivity index (χ1v) is 7.88. The van der Waals surface area contributed by atoms with Crippen LogP contribution in [0.1, 0.15) is 17.0 Å². The van der Waals surface area contributed by atoms with E-state index in [1.807, 2.05) is 11.6 Å². The van der Waals surface area contributed by atoms with Crippen molar-refractivity contribution in [3.05, 3.63) is 58.9 Å². The van der Waals surface area contributed by atoms with Gasteiger partial charge in [-0.25, -0.2) is 4.98 Å². The molecule has 0 atom stereocenters. The van der Waals surface area contributed by atoms with E-state index in [1.54, 1.807) is 11.3 Å². The fourth-order valence-corrected chi connectivity index (χ4v) is 3.07. The first kappa shape index (κ1) is 13.9. The molecule has 0 fully saturated rings. The number of hydrogen-bond acceptors (Lipinski definition) is 3. The van der Waals surface area contributed by atoms with Gasteiger partial charge in [-0.05, 0) is 37.6 Å². The van der Waals surface area contributed by atoms with Crippen LogP contribution in [0.5, 0.6) is 0 Å². The van der Waals surface area contributed by atoms with Crippen molar-refractivity contribution in [3.8, 4) is 10.6 Å². The molecule has 3 nitrogen and oxygen atoms in total. The summed E-state index contributed by atoms with van der Waals surface area (Å²) >= 11 is 1.66. The summed E-state index contributed by atoms with van der Waals surface area (Å²) in [7, 11) is 2.11. The standard InChI is InChI=1S/C17H19N3S/c1-12-9-15(13(2)20(12)3)11-19-16-6-4-5-14(10-16)17-18-7-8-21-17/h4-10,19H,11H2,1-3H3. The van der Waals surface area contributed by atoms with Gasteiger partial charge in [-0.3, -0.25) is 0 Å². The molecule has 0 aliphatic rings. The van der Waals surface area contributed by atoms with Crippen LogP contribution in [0.2, 0.25) is 0 Å². The van der Waals surface area contributed by atoms with Crippen molar-refractivity contribution in [1.29, 1.82) is 0 Å². The van der Waals surface area contributed by atoms with E-state index in [-0.39, 0.29) is 0 Å². The van der Waals surface area contributed by atoms with E-state index in [4.69, 9.17) is 0 Å². The van der Waals surface area contributed by atoms with Crippen molar-refractivity contribution in [2.75, 3.05) is 5.32 Å². The third kappa shape index (κ3) is 2.85. The second-order valence-corrected chi connectivity index (χ2v) is 6.12. The Morgan fingerprint density at radius 2 is 2.10 bits per heavy atom. The number of anilines is 1. The van der Waals surface area contributed by atoms with Crippen LogP contribution in [0, 0.1) is 13.8 Å². The van der Waals surface area contributed by atoms with Gasteiger partial charge < -0.3 is 9.88 Å². The number of nitrogens with one attached hydrogen (secondary N) is 1. The van der Waals surface area contributed by atoms with Crippen molar-refractivity contribution in [2.45, 2.75) is 20.4 Å². The Bertz CT molecular complexity index is 741. The van der Waals surface area contributed by atoms with Gasteiger partial charge in [0.2, 0.25) is 0 Å². The molecule has 0 aliphatic carbocycles. The maximum absolute atomic E-state index is 4.36. The molecule has 0 bridgehead atoms. The smallest absolute Gasteiger partial charge is 0.123 e. The molecule has 1 N–H and O–H groups in total. The largest absolute Gasteiger partial charge is 0.381 e. The Balaban J connectivity index is 1.76. The topological polar surface area (TPSA) is 29.9 Å². The zero-order valence-corrected chi connectivity index (χ0v) is 13.4. The second kappa shape index (κ2) is 5.74. The van der Waals surface area contributed by atoms with Crippen LogP contribution < -0.4 is 5.32 Å². The SMILES string of the molecule is Cc1cc(CNc2cccc(-c3nccs3)c2)c(C)n1C. The minimum absolute atomic E-state index is 0.842. The zero-order valence-electron chi connectivity index (χ0n) is 12.6. The number of benzene rings is 1. The van der Waals surface area contributed by atoms with E-state index >= 15 is 0 Å². The highest BCUT2D eigenvalue weighted by molar-refractivity contribution is 7.13. The Kier molecular flexibility index (Phi) is 3.80. The first-order valence-electron chi connectivity index (χ1n) is 7.01. The number of aromatic nitrogens is 2. The molecule has 0 aliphatic heterocycles. The van der Waals surface area contributed by atoms with Crippen molar-refractivity contribution < 1.29 is 0 Å². The quantitative estimate of drug-likeness (QED) is 0.774. The van der Waals surface area contributed by atoms with Gasteiger partial charge in [0.05, 0.1) is 0 Å². The van der Waals surface area contributed by atoms with Gasteiger partial charge in [0.15, 0.2) is 0 Å². The van der Waals surface area contributed by atoms with Gasteiger partial charge in [-0.1, -0.05) is 12.1 Å². The molecular weight excluding hydrogens is 278 g/mol. The lowest BCUT2D eigenvalue weighted by Crippen LogP contribution is -2.01. The summed E-state index contributed by atoms with van der Waals surface area (Å²) in [6.45, 7) is 5.14. The van der Waals surface area contributed by atoms with E-state index in [1.165, 1.54) is 17.0 Å². The van der Waals surface area contributed by atoms with E-state index in [2.05, 4.69) is 66.1 Å². The van der Waals surface area contributed by atoms with Crippen LogP contribution in [-0.4, -0.2) is 9.55 Å². The molecule has 0 amide bonds. The first-order chi connectivity index (χ1) is 10.1. The van der Waals surface area contributed by atoms with Crippen molar-refractivity contribution in [2.24, 2.45) is 7.05 Å². The van der Waals surface area contributed by atoms with Gasteiger partial charge in [-0.15, -0.1) is 11.3 Å². The fourth-order valence-electron chi connectivity index (χ4n) is 2.44. The Morgan fingerprint density at radius 3 is 2.76 bits per heavy atom. The van der Waals surface area contributed by atoms with E-state index in [9.17, 15) is 0 Å². The monoisotopic (exact) mass is 297 g/mol. The molecule has 108 valence electrons. The number of aryl methyl sites for hydroxylation is 1. The molecular formula is C17H19N3S. The average molecular weight is 297 g/mol. The molecule has 0 spiro atoms. The van der Waals surface area contributed by atoms with Crippen molar-refractivity contribution in [1.82, 2.24) is 9.55 Å². The maximum Gasteiger partial charge on any atom is 0.123 e. The molecule has 21 heavy (non-hydrogen) atoms. The third-order valence-corrected chi connectivity index (χ3v) is 4.73. The molecule has 1 aromatic carbocycles. The molecule has 0 saturated carbocycles. The summed E-state index contributed by atoms with van der Waals surface area (Å²) in [4.78, 5) is 4.36. The van der Waals surface area contributed by atoms with Gasteiger partial charge in [0.1, 0.15) is 5.01 Å². The highest BCUT2D eigenvalue weighted by Gasteiger charge is 2.06. The number of hydrogen-bond donors (Lipinski definition) is 1. The molecule has 0 saturated heterocycles. The fraction of sp³-hybridized carbons (Fsp3) is 0.235. The lowest BCUT2D eigenvalue weighted by Gasteiger charge is -2.08. The van der Waals surface area contributed by atoms with Crippen LogP contribution >= 0.6 is 11.3 Å². The average Bonchev–Trinajstić information content (AvgIpc) is 3.11. The minimum Gasteiger partial charge on any atom is -0.381 e. The Hall–Kier alpha value is -2.07. The van der Waals surface area contributed by atoms with Gasteiger partial charge >= 0.3 is 0 Å². The van der Waals surface area contributed by atoms with Crippen LogP contribution in [0.4, 0.5) is 5.69 Å². The van der Waals surface area contributed by atoms with E-state index < -0.39 is 0 Å². The van der Waals surface area contributed by atoms with E-state index in [0.717, 1.165) is 22.8 Å². The minimum atomic E-state index is 0.842. The lowest BCUT2D eigenvalue weighted by atomic mass is 10.2. The molecule has 2 heterocycles. The van der Waals surface area contributed by atoms with Gasteiger partial charge in [0.25, 0.3) is 0 Å². The molecule has 4 heteroatoms. The summed E-state index contributed by atoms with van der Waals surface area (Å²) in [5, 5.41) is 6.57.